The van der Waals surface area contributed by atoms with E-state index in [-0.39, 0.29) is 0 Å². The molecule has 0 aliphatic rings. The van der Waals surface area contributed by atoms with Crippen molar-refractivity contribution in [3.05, 3.63) is 0 Å². The average Bonchev–Trinajstić information content (AvgIpc) is 1.85. The third kappa shape index (κ3) is 22.8. The third-order valence-corrected chi connectivity index (χ3v) is 1.50. The molecule has 0 fully saturated rings. The number of hydrogen-bond donors (Lipinski definition) is 4. The van der Waals surface area contributed by atoms with Gasteiger partial charge in [0.2, 0.25) is 0 Å². The minimum Gasteiger partial charge on any atom is -0.352 e. The third-order valence-electron chi connectivity index (χ3n) is 0.386. The van der Waals surface area contributed by atoms with Crippen molar-refractivity contribution in [1.29, 1.82) is 0 Å². The number of carbonyl (C=O) groups excluding carboxylic acids is 1. The lowest BCUT2D eigenvalue weighted by Gasteiger charge is -1.80. The SMILES string of the molecule is CNC(N)=O.O=[P+](O)O[P+](=O)O. The van der Waals surface area contributed by atoms with Crippen LogP contribution in [0.15, 0.2) is 0 Å². The van der Waals surface area contributed by atoms with Crippen molar-refractivity contribution < 1.29 is 28.0 Å². The predicted molar refractivity (Wildman–Crippen MR) is 39.4 cm³/mol. The van der Waals surface area contributed by atoms with Gasteiger partial charge in [0.25, 0.3) is 0 Å². The highest BCUT2D eigenvalue weighted by atomic mass is 31.2. The number of nitrogens with two attached hydrogens (primary N) is 1. The fraction of sp³-hybridized carbons (Fsp3) is 0.500. The van der Waals surface area contributed by atoms with E-state index in [0.29, 0.717) is 0 Å². The Morgan fingerprint density at radius 2 is 1.67 bits per heavy atom. The molecule has 5 N–H and O–H groups in total. The number of hydrogen-bond acceptors (Lipinski definition) is 4. The van der Waals surface area contributed by atoms with Gasteiger partial charge in [0.05, 0.1) is 0 Å². The van der Waals surface area contributed by atoms with E-state index in [0.717, 1.165) is 0 Å². The highest BCUT2D eigenvalue weighted by Crippen LogP contribution is 2.30. The second-order valence-electron chi connectivity index (χ2n) is 1.17. The Bertz CT molecular complexity index is 170. The smallest absolute Gasteiger partial charge is 0.352 e. The second kappa shape index (κ2) is 8.45. The van der Waals surface area contributed by atoms with E-state index in [1.807, 2.05) is 0 Å². The Hall–Kier alpha value is -0.650. The zero-order valence-corrected chi connectivity index (χ0v) is 7.79. The first-order valence-corrected chi connectivity index (χ1v) is 4.63. The fourth-order valence-electron chi connectivity index (χ4n) is 0.0598. The maximum absolute atomic E-state index is 9.48. The predicted octanol–water partition coefficient (Wildman–Crippen LogP) is -0.413. The van der Waals surface area contributed by atoms with E-state index >= 15 is 0 Å². The minimum absolute atomic E-state index is 0.495. The van der Waals surface area contributed by atoms with Crippen LogP contribution in [0.4, 0.5) is 4.79 Å². The molecule has 0 aromatic heterocycles. The number of carbonyl (C=O) groups is 1. The van der Waals surface area contributed by atoms with Gasteiger partial charge in [-0.15, -0.1) is 9.79 Å². The molecule has 70 valence electrons. The van der Waals surface area contributed by atoms with Crippen LogP contribution in [0.5, 0.6) is 0 Å². The highest BCUT2D eigenvalue weighted by molar-refractivity contribution is 7.46. The summed E-state index contributed by atoms with van der Waals surface area (Å²) < 4.78 is 22.2. The van der Waals surface area contributed by atoms with Gasteiger partial charge in [0.15, 0.2) is 4.31 Å². The maximum atomic E-state index is 9.48. The Morgan fingerprint density at radius 3 is 1.67 bits per heavy atom. The van der Waals surface area contributed by atoms with Crippen molar-refractivity contribution in [1.82, 2.24) is 5.32 Å². The van der Waals surface area contributed by atoms with Crippen molar-refractivity contribution in [3.63, 3.8) is 0 Å². The van der Waals surface area contributed by atoms with Crippen molar-refractivity contribution in [2.24, 2.45) is 5.73 Å². The van der Waals surface area contributed by atoms with Gasteiger partial charge < -0.3 is 11.1 Å². The lowest BCUT2D eigenvalue weighted by Crippen LogP contribution is -2.24. The van der Waals surface area contributed by atoms with Gasteiger partial charge in [0, 0.05) is 16.2 Å². The van der Waals surface area contributed by atoms with Crippen molar-refractivity contribution in [2.75, 3.05) is 7.05 Å². The Kier molecular flexibility index (Phi) is 9.79. The van der Waals surface area contributed by atoms with E-state index < -0.39 is 22.5 Å². The average molecular weight is 218 g/mol. The summed E-state index contributed by atoms with van der Waals surface area (Å²) in [5, 5.41) is 2.17. The summed E-state index contributed by atoms with van der Waals surface area (Å²) >= 11 is 0. The van der Waals surface area contributed by atoms with Gasteiger partial charge in [-0.1, -0.05) is 0 Å². The normalized spacial score (nSPS) is 10.6. The summed E-state index contributed by atoms with van der Waals surface area (Å²) in [5.41, 5.74) is 4.54. The Morgan fingerprint density at radius 1 is 1.42 bits per heavy atom. The number of urea groups is 1. The zero-order chi connectivity index (χ0) is 10.1. The van der Waals surface area contributed by atoms with E-state index in [9.17, 15) is 13.9 Å². The molecule has 10 heteroatoms. The zero-order valence-electron chi connectivity index (χ0n) is 6.00. The van der Waals surface area contributed by atoms with Crippen LogP contribution in [0.2, 0.25) is 0 Å². The summed E-state index contributed by atoms with van der Waals surface area (Å²) in [6.45, 7) is 0. The number of nitrogens with one attached hydrogen (secondary N) is 1. The van der Waals surface area contributed by atoms with Crippen LogP contribution in [0, 0.1) is 0 Å². The molecule has 0 aliphatic carbocycles. The van der Waals surface area contributed by atoms with Gasteiger partial charge in [-0.25, -0.2) is 4.79 Å². The molecule has 0 aromatic rings. The van der Waals surface area contributed by atoms with Gasteiger partial charge in [-0.05, 0) is 0 Å². The Labute approximate surface area is 69.6 Å². The van der Waals surface area contributed by atoms with Crippen LogP contribution in [0.1, 0.15) is 0 Å². The highest BCUT2D eigenvalue weighted by Gasteiger charge is 2.31. The molecule has 0 heterocycles. The van der Waals surface area contributed by atoms with E-state index in [2.05, 4.69) is 15.4 Å². The molecule has 2 atom stereocenters. The molecule has 8 nitrogen and oxygen atoms in total. The van der Waals surface area contributed by atoms with E-state index in [1.165, 1.54) is 7.05 Å². The van der Waals surface area contributed by atoms with Gasteiger partial charge in [-0.3, -0.25) is 0 Å². The van der Waals surface area contributed by atoms with Crippen LogP contribution in [-0.4, -0.2) is 22.9 Å². The first kappa shape index (κ1) is 13.9. The van der Waals surface area contributed by atoms with Crippen molar-refractivity contribution >= 4 is 22.5 Å². The topological polar surface area (TPSA) is 139 Å². The molecule has 0 aliphatic heterocycles. The molecule has 0 bridgehead atoms. The lowest BCUT2D eigenvalue weighted by atomic mass is 11.1. The van der Waals surface area contributed by atoms with Crippen molar-refractivity contribution in [3.8, 4) is 0 Å². The summed E-state index contributed by atoms with van der Waals surface area (Å²) in [5.74, 6) is 0. The second-order valence-corrected chi connectivity index (χ2v) is 2.78. The first-order chi connectivity index (χ1) is 5.40. The van der Waals surface area contributed by atoms with E-state index in [4.69, 9.17) is 9.79 Å². The molecule has 0 saturated carbocycles. The molecule has 12 heavy (non-hydrogen) atoms. The number of primary amides is 1. The molecule has 2 amide bonds. The largest absolute Gasteiger partial charge is 0.745 e. The molecule has 2 unspecified atom stereocenters. The molecule has 0 rings (SSSR count). The van der Waals surface area contributed by atoms with Crippen LogP contribution in [-0.2, 0) is 13.4 Å². The summed E-state index contributed by atoms with van der Waals surface area (Å²) in [4.78, 5) is 24.8. The molecular formula is C2H8N2O6P2+2. The molecule has 0 aromatic carbocycles. The van der Waals surface area contributed by atoms with E-state index in [1.54, 1.807) is 0 Å². The summed E-state index contributed by atoms with van der Waals surface area (Å²) in [6, 6.07) is -0.495. The molecule has 0 saturated heterocycles. The maximum Gasteiger partial charge on any atom is 0.745 e. The van der Waals surface area contributed by atoms with Crippen LogP contribution in [0.3, 0.4) is 0 Å². The van der Waals surface area contributed by atoms with Crippen LogP contribution >= 0.6 is 16.5 Å². The number of amides is 2. The van der Waals surface area contributed by atoms with Gasteiger partial charge in [0.1, 0.15) is 0 Å². The molecular weight excluding hydrogens is 210 g/mol. The quantitative estimate of drug-likeness (QED) is 0.464. The summed E-state index contributed by atoms with van der Waals surface area (Å²) in [6.07, 6.45) is 0. The van der Waals surface area contributed by atoms with Gasteiger partial charge >= 0.3 is 22.5 Å². The standard InChI is InChI=1S/C2H6N2O.O5P2/c1-4-2(3)5;1-6(2)5-7(3)4/h1H3,(H3,3,4,5);/p+2. The Balaban J connectivity index is 0. The minimum atomic E-state index is -2.92. The van der Waals surface area contributed by atoms with Crippen LogP contribution in [0.25, 0.3) is 0 Å². The monoisotopic (exact) mass is 218 g/mol. The van der Waals surface area contributed by atoms with Crippen LogP contribution < -0.4 is 11.1 Å². The fourth-order valence-corrected chi connectivity index (χ4v) is 0.538. The number of rotatable bonds is 2. The molecule has 0 spiro atoms. The van der Waals surface area contributed by atoms with Gasteiger partial charge in [-0.2, -0.15) is 0 Å². The summed E-state index contributed by atoms with van der Waals surface area (Å²) in [7, 11) is -4.37. The molecule has 0 radical (unpaired) electrons. The van der Waals surface area contributed by atoms with Crippen molar-refractivity contribution in [2.45, 2.75) is 0 Å². The first-order valence-electron chi connectivity index (χ1n) is 2.37. The lowest BCUT2D eigenvalue weighted by molar-refractivity contribution is 0.251.